The fourth-order valence-electron chi connectivity index (χ4n) is 3.12. The van der Waals surface area contributed by atoms with Crippen molar-refractivity contribution in [1.29, 1.82) is 0 Å². The number of aryl methyl sites for hydroxylation is 2. The van der Waals surface area contributed by atoms with E-state index in [9.17, 15) is 4.79 Å². The number of nitrogens with one attached hydrogen (secondary N) is 2. The molecule has 0 aliphatic carbocycles. The SMILES string of the molecule is CCc1nc2n(n1)CC(NC(=NCC(=O)N(C)C)NCCSc1ccccc1)CC2.I. The van der Waals surface area contributed by atoms with Crippen LogP contribution in [0.15, 0.2) is 40.2 Å². The van der Waals surface area contributed by atoms with Crippen LogP contribution in [0.2, 0.25) is 0 Å². The highest BCUT2D eigenvalue weighted by atomic mass is 127. The number of nitrogens with zero attached hydrogens (tertiary/aromatic N) is 5. The molecular weight excluding hydrogens is 525 g/mol. The number of benzene rings is 1. The van der Waals surface area contributed by atoms with Crippen LogP contribution >= 0.6 is 35.7 Å². The van der Waals surface area contributed by atoms with E-state index in [4.69, 9.17) is 0 Å². The van der Waals surface area contributed by atoms with Gasteiger partial charge in [0.25, 0.3) is 0 Å². The fraction of sp³-hybridized carbons (Fsp3) is 0.524. The standard InChI is InChI=1S/C21H31N7OS.HI/c1-4-18-25-19-11-10-16(15-28(19)26-18)24-21(23-14-20(29)27(2)3)22-12-13-30-17-8-6-5-7-9-17;/h5-9,16H,4,10-15H2,1-3H3,(H2,22,23,24);1H. The Morgan fingerprint density at radius 3 is 2.81 bits per heavy atom. The van der Waals surface area contributed by atoms with Crippen molar-refractivity contribution in [2.45, 2.75) is 43.7 Å². The number of likely N-dealkylation sites (N-methyl/N-ethyl adjacent to an activating group) is 1. The molecule has 1 atom stereocenters. The minimum atomic E-state index is -0.0236. The third-order valence-corrected chi connectivity index (χ3v) is 5.85. The van der Waals surface area contributed by atoms with E-state index in [1.165, 1.54) is 4.90 Å². The smallest absolute Gasteiger partial charge is 0.243 e. The van der Waals surface area contributed by atoms with Gasteiger partial charge in [-0.2, -0.15) is 5.10 Å². The number of guanidine groups is 1. The number of amides is 1. The number of aromatic nitrogens is 3. The van der Waals surface area contributed by atoms with Crippen LogP contribution in [0.3, 0.4) is 0 Å². The molecule has 0 saturated carbocycles. The number of aliphatic imine (C=N–C) groups is 1. The summed E-state index contributed by atoms with van der Waals surface area (Å²) < 4.78 is 1.99. The molecule has 10 heteroatoms. The third kappa shape index (κ3) is 7.99. The van der Waals surface area contributed by atoms with Crippen LogP contribution in [-0.4, -0.2) is 70.5 Å². The van der Waals surface area contributed by atoms with E-state index in [1.54, 1.807) is 30.8 Å². The minimum absolute atomic E-state index is 0. The van der Waals surface area contributed by atoms with Gasteiger partial charge in [-0.15, -0.1) is 35.7 Å². The molecule has 3 rings (SSSR count). The summed E-state index contributed by atoms with van der Waals surface area (Å²) in [5.74, 6) is 3.50. The molecule has 1 aliphatic heterocycles. The minimum Gasteiger partial charge on any atom is -0.356 e. The topological polar surface area (TPSA) is 87.4 Å². The van der Waals surface area contributed by atoms with E-state index in [-0.39, 0.29) is 42.5 Å². The lowest BCUT2D eigenvalue weighted by Gasteiger charge is -2.25. The average molecular weight is 558 g/mol. The molecule has 0 radical (unpaired) electrons. The zero-order valence-corrected chi connectivity index (χ0v) is 21.5. The number of thioether (sulfide) groups is 1. The van der Waals surface area contributed by atoms with Crippen molar-refractivity contribution in [1.82, 2.24) is 30.3 Å². The van der Waals surface area contributed by atoms with Gasteiger partial charge < -0.3 is 15.5 Å². The Kier molecular flexibility index (Phi) is 10.6. The van der Waals surface area contributed by atoms with Crippen LogP contribution in [0.5, 0.6) is 0 Å². The van der Waals surface area contributed by atoms with Crippen molar-refractivity contribution in [2.75, 3.05) is 32.9 Å². The van der Waals surface area contributed by atoms with Crippen molar-refractivity contribution >= 4 is 47.6 Å². The van der Waals surface area contributed by atoms with Crippen LogP contribution < -0.4 is 10.6 Å². The number of carbonyl (C=O) groups excluding carboxylic acids is 1. The van der Waals surface area contributed by atoms with Crippen LogP contribution in [0.1, 0.15) is 25.0 Å². The van der Waals surface area contributed by atoms with Gasteiger partial charge in [-0.25, -0.2) is 14.7 Å². The van der Waals surface area contributed by atoms with Crippen molar-refractivity contribution in [3.8, 4) is 0 Å². The van der Waals surface area contributed by atoms with E-state index in [1.807, 2.05) is 22.9 Å². The van der Waals surface area contributed by atoms with E-state index in [0.717, 1.165) is 49.8 Å². The first kappa shape index (κ1) is 25.4. The molecule has 1 unspecified atom stereocenters. The molecule has 0 fully saturated rings. The van der Waals surface area contributed by atoms with Crippen LogP contribution in [0, 0.1) is 0 Å². The summed E-state index contributed by atoms with van der Waals surface area (Å²) in [5.41, 5.74) is 0. The largest absolute Gasteiger partial charge is 0.356 e. The molecule has 1 aromatic carbocycles. The quantitative estimate of drug-likeness (QED) is 0.170. The molecule has 0 bridgehead atoms. The van der Waals surface area contributed by atoms with Gasteiger partial charge in [0.05, 0.1) is 6.54 Å². The summed E-state index contributed by atoms with van der Waals surface area (Å²) in [6.45, 7) is 3.70. The van der Waals surface area contributed by atoms with Gasteiger partial charge in [-0.05, 0) is 18.6 Å². The lowest BCUT2D eigenvalue weighted by molar-refractivity contribution is -0.127. The summed E-state index contributed by atoms with van der Waals surface area (Å²) in [5, 5.41) is 11.4. The van der Waals surface area contributed by atoms with Gasteiger partial charge in [0.2, 0.25) is 5.91 Å². The molecule has 31 heavy (non-hydrogen) atoms. The van der Waals surface area contributed by atoms with Crippen molar-refractivity contribution in [3.05, 3.63) is 42.0 Å². The van der Waals surface area contributed by atoms with E-state index >= 15 is 0 Å². The van der Waals surface area contributed by atoms with Crippen LogP contribution in [0.4, 0.5) is 0 Å². The lowest BCUT2D eigenvalue weighted by Crippen LogP contribution is -2.48. The zero-order chi connectivity index (χ0) is 21.3. The second-order valence-electron chi connectivity index (χ2n) is 7.40. The first-order chi connectivity index (χ1) is 14.5. The monoisotopic (exact) mass is 557 g/mol. The number of fused-ring (bicyclic) bond motifs is 1. The first-order valence-electron chi connectivity index (χ1n) is 10.4. The normalized spacial score (nSPS) is 15.6. The van der Waals surface area contributed by atoms with Gasteiger partial charge in [-0.1, -0.05) is 25.1 Å². The van der Waals surface area contributed by atoms with Crippen LogP contribution in [-0.2, 0) is 24.2 Å². The highest BCUT2D eigenvalue weighted by molar-refractivity contribution is 14.0. The molecule has 0 spiro atoms. The lowest BCUT2D eigenvalue weighted by atomic mass is 10.1. The van der Waals surface area contributed by atoms with Crippen LogP contribution in [0.25, 0.3) is 0 Å². The van der Waals surface area contributed by atoms with Crippen molar-refractivity contribution < 1.29 is 4.79 Å². The maximum Gasteiger partial charge on any atom is 0.243 e. The number of hydrogen-bond acceptors (Lipinski definition) is 5. The molecule has 1 amide bonds. The maximum atomic E-state index is 12.0. The van der Waals surface area contributed by atoms with Gasteiger partial charge in [0.1, 0.15) is 12.4 Å². The first-order valence-corrected chi connectivity index (χ1v) is 11.4. The van der Waals surface area contributed by atoms with E-state index in [2.05, 4.69) is 44.8 Å². The highest BCUT2D eigenvalue weighted by Gasteiger charge is 2.22. The Morgan fingerprint density at radius 2 is 2.10 bits per heavy atom. The predicted molar refractivity (Wildman–Crippen MR) is 136 cm³/mol. The Morgan fingerprint density at radius 1 is 1.32 bits per heavy atom. The number of rotatable bonds is 8. The van der Waals surface area contributed by atoms with E-state index in [0.29, 0.717) is 5.96 Å². The second-order valence-corrected chi connectivity index (χ2v) is 8.57. The molecule has 8 nitrogen and oxygen atoms in total. The third-order valence-electron chi connectivity index (χ3n) is 4.84. The van der Waals surface area contributed by atoms with Crippen molar-refractivity contribution in [2.24, 2.45) is 4.99 Å². The molecule has 2 aromatic rings. The molecule has 0 saturated heterocycles. The Balaban J connectivity index is 0.00000341. The average Bonchev–Trinajstić information content (AvgIpc) is 3.17. The maximum absolute atomic E-state index is 12.0. The Labute approximate surface area is 205 Å². The molecule has 2 heterocycles. The van der Waals surface area contributed by atoms with Gasteiger partial charge in [-0.3, -0.25) is 4.79 Å². The summed E-state index contributed by atoms with van der Waals surface area (Å²) in [7, 11) is 3.49. The Bertz CT molecular complexity index is 857. The fourth-order valence-corrected chi connectivity index (χ4v) is 3.91. The van der Waals surface area contributed by atoms with Crippen molar-refractivity contribution in [3.63, 3.8) is 0 Å². The molecule has 2 N–H and O–H groups in total. The number of hydrogen-bond donors (Lipinski definition) is 2. The molecular formula is C21H32IN7OS. The number of halogens is 1. The zero-order valence-electron chi connectivity index (χ0n) is 18.4. The molecule has 1 aliphatic rings. The molecule has 1 aromatic heterocycles. The summed E-state index contributed by atoms with van der Waals surface area (Å²) in [6.07, 6.45) is 2.69. The van der Waals surface area contributed by atoms with Gasteiger partial charge in [0.15, 0.2) is 11.8 Å². The summed E-state index contributed by atoms with van der Waals surface area (Å²) >= 11 is 1.79. The van der Waals surface area contributed by atoms with Gasteiger partial charge in [0, 0.05) is 50.2 Å². The van der Waals surface area contributed by atoms with E-state index < -0.39 is 0 Å². The summed E-state index contributed by atoms with van der Waals surface area (Å²) in [6, 6.07) is 10.5. The highest BCUT2D eigenvalue weighted by Crippen LogP contribution is 2.16. The summed E-state index contributed by atoms with van der Waals surface area (Å²) in [4.78, 5) is 23.9. The predicted octanol–water partition coefficient (Wildman–Crippen LogP) is 2.19. The molecule has 170 valence electrons. The van der Waals surface area contributed by atoms with Gasteiger partial charge >= 0.3 is 0 Å². The second kappa shape index (κ2) is 12.9. The Hall–Kier alpha value is -1.82. The number of carbonyl (C=O) groups is 1.